The van der Waals surface area contributed by atoms with Crippen LogP contribution in [-0.4, -0.2) is 22.9 Å². The van der Waals surface area contributed by atoms with E-state index in [9.17, 15) is 15.2 Å². The lowest BCUT2D eigenvalue weighted by Gasteiger charge is -2.45. The quantitative estimate of drug-likeness (QED) is 0.369. The Balaban J connectivity index is 2.13. The Hall–Kier alpha value is -3.76. The van der Waals surface area contributed by atoms with E-state index < -0.39 is 29.0 Å². The average molecular weight is 531 g/mol. The lowest BCUT2D eigenvalue weighted by Crippen LogP contribution is -2.66. The molecule has 3 aromatic rings. The number of nitrogens with zero attached hydrogens (tertiary/aromatic N) is 4. The molecule has 1 N–H and O–H groups in total. The number of benzene rings is 3. The monoisotopic (exact) mass is 530 g/mol. The summed E-state index contributed by atoms with van der Waals surface area (Å²) in [4.78, 5) is 18.1. The highest BCUT2D eigenvalue weighted by atomic mass is 35.5. The van der Waals surface area contributed by atoms with Crippen molar-refractivity contribution in [1.82, 2.24) is 0 Å². The third-order valence-electron chi connectivity index (χ3n) is 6.13. The first-order valence-corrected chi connectivity index (χ1v) is 11.0. The Morgan fingerprint density at radius 3 is 1.92 bits per heavy atom. The third kappa shape index (κ3) is 3.64. The molecule has 1 saturated heterocycles. The number of nitriles is 1. The van der Waals surface area contributed by atoms with E-state index in [0.717, 1.165) is 12.1 Å². The number of halogens is 5. The molecule has 1 aliphatic heterocycles. The first kappa shape index (κ1) is 25.3. The normalized spacial score (nSPS) is 21.9. The van der Waals surface area contributed by atoms with Gasteiger partial charge in [-0.25, -0.2) is 9.64 Å². The molecule has 6 nitrogen and oxygen atoms in total. The molecule has 1 heterocycles. The zero-order chi connectivity index (χ0) is 26.5. The molecule has 3 aromatic carbocycles. The number of alkyl halides is 3. The number of rotatable bonds is 3. The van der Waals surface area contributed by atoms with Crippen molar-refractivity contribution >= 4 is 46.3 Å². The predicted molar refractivity (Wildman–Crippen MR) is 129 cm³/mol. The molecule has 1 aliphatic rings. The van der Waals surface area contributed by atoms with E-state index in [0.29, 0.717) is 16.7 Å². The van der Waals surface area contributed by atoms with Gasteiger partial charge in [0.05, 0.1) is 12.6 Å². The van der Waals surface area contributed by atoms with Crippen molar-refractivity contribution in [2.24, 2.45) is 0 Å². The van der Waals surface area contributed by atoms with Gasteiger partial charge in [0.1, 0.15) is 0 Å². The van der Waals surface area contributed by atoms with Gasteiger partial charge in [-0.3, -0.25) is 9.80 Å². The largest absolute Gasteiger partial charge is 0.416 e. The minimum Gasteiger partial charge on any atom is -0.364 e. The lowest BCUT2D eigenvalue weighted by atomic mass is 9.80. The molecule has 11 heteroatoms. The van der Waals surface area contributed by atoms with Crippen LogP contribution in [0.4, 0.5) is 35.0 Å². The molecule has 0 bridgehead atoms. The maximum absolute atomic E-state index is 15.1. The SMILES string of the molecule is [C-]#[N+]c1cc(C#N)cc(C2(O)N(c3ccc(Cl)cc3)C(=O)N(c3ccc(Cl)cc3)[C@]2(C)C(F)(F)F)c1. The topological polar surface area (TPSA) is 71.9 Å². The second-order valence-electron chi connectivity index (χ2n) is 8.14. The van der Waals surface area contributed by atoms with E-state index in [2.05, 4.69) is 4.85 Å². The van der Waals surface area contributed by atoms with E-state index in [4.69, 9.17) is 29.8 Å². The van der Waals surface area contributed by atoms with Crippen LogP contribution in [0, 0.1) is 17.9 Å². The van der Waals surface area contributed by atoms with Crippen LogP contribution in [0.15, 0.2) is 66.7 Å². The minimum atomic E-state index is -5.21. The summed E-state index contributed by atoms with van der Waals surface area (Å²) in [6.07, 6.45) is -5.21. The van der Waals surface area contributed by atoms with E-state index in [1.807, 2.05) is 0 Å². The fourth-order valence-electron chi connectivity index (χ4n) is 4.33. The van der Waals surface area contributed by atoms with Gasteiger partial charge < -0.3 is 5.11 Å². The van der Waals surface area contributed by atoms with Crippen molar-refractivity contribution in [1.29, 1.82) is 5.26 Å². The summed E-state index contributed by atoms with van der Waals surface area (Å²) in [6.45, 7) is 8.02. The standard InChI is InChI=1S/C25H15Cl2F3N4O2/c1-23(25(28,29)30)24(36,16-11-15(14-31)12-19(13-16)32-2)34(21-9-5-18(27)6-10-21)22(35)33(23)20-7-3-17(26)4-8-20/h3-13,36H,1H3/t23-,24?/m0/s1. The van der Waals surface area contributed by atoms with Crippen molar-refractivity contribution in [2.45, 2.75) is 24.4 Å². The van der Waals surface area contributed by atoms with Crippen molar-refractivity contribution in [3.63, 3.8) is 0 Å². The number of hydrogen-bond donors (Lipinski definition) is 1. The van der Waals surface area contributed by atoms with Gasteiger partial charge in [0.25, 0.3) is 0 Å². The third-order valence-corrected chi connectivity index (χ3v) is 6.64. The first-order valence-electron chi connectivity index (χ1n) is 10.3. The van der Waals surface area contributed by atoms with Crippen molar-refractivity contribution in [3.8, 4) is 6.07 Å². The van der Waals surface area contributed by atoms with Gasteiger partial charge in [-0.15, -0.1) is 0 Å². The van der Waals surface area contributed by atoms with Crippen LogP contribution in [0.1, 0.15) is 18.1 Å². The molecule has 0 spiro atoms. The number of hydrogen-bond acceptors (Lipinski definition) is 3. The molecule has 2 amide bonds. The molecular weight excluding hydrogens is 516 g/mol. The highest BCUT2D eigenvalue weighted by Crippen LogP contribution is 2.57. The molecule has 1 fully saturated rings. The van der Waals surface area contributed by atoms with E-state index in [1.165, 1.54) is 54.6 Å². The summed E-state index contributed by atoms with van der Waals surface area (Å²) in [5.41, 5.74) is -7.50. The Morgan fingerprint density at radius 1 is 0.972 bits per heavy atom. The van der Waals surface area contributed by atoms with Crippen LogP contribution >= 0.6 is 23.2 Å². The highest BCUT2D eigenvalue weighted by Gasteiger charge is 2.77. The molecular formula is C25H15Cl2F3N4O2. The van der Waals surface area contributed by atoms with Crippen molar-refractivity contribution in [2.75, 3.05) is 9.80 Å². The summed E-state index contributed by atoms with van der Waals surface area (Å²) < 4.78 is 45.2. The summed E-state index contributed by atoms with van der Waals surface area (Å²) in [5, 5.41) is 22.1. The average Bonchev–Trinajstić information content (AvgIpc) is 3.03. The molecule has 1 unspecified atom stereocenters. The molecule has 0 saturated carbocycles. The van der Waals surface area contributed by atoms with Gasteiger partial charge in [0, 0.05) is 27.0 Å². The fraction of sp³-hybridized carbons (Fsp3) is 0.160. The summed E-state index contributed by atoms with van der Waals surface area (Å²) in [5.74, 6) is 0. The number of carbonyl (C=O) groups is 1. The van der Waals surface area contributed by atoms with Gasteiger partial charge >= 0.3 is 12.2 Å². The van der Waals surface area contributed by atoms with Crippen molar-refractivity contribution < 1.29 is 23.1 Å². The second kappa shape index (κ2) is 8.72. The molecule has 2 atom stereocenters. The van der Waals surface area contributed by atoms with Gasteiger partial charge in [-0.1, -0.05) is 23.2 Å². The van der Waals surface area contributed by atoms with E-state index in [-0.39, 0.29) is 32.7 Å². The Morgan fingerprint density at radius 2 is 1.47 bits per heavy atom. The molecule has 0 aromatic heterocycles. The van der Waals surface area contributed by atoms with Crippen LogP contribution in [0.2, 0.25) is 10.0 Å². The summed E-state index contributed by atoms with van der Waals surface area (Å²) in [7, 11) is 0. The molecule has 0 radical (unpaired) electrons. The summed E-state index contributed by atoms with van der Waals surface area (Å²) >= 11 is 11.9. The number of urea groups is 1. The minimum absolute atomic E-state index is 0.0921. The number of aliphatic hydroxyl groups is 1. The fourth-order valence-corrected chi connectivity index (χ4v) is 4.58. The number of anilines is 2. The van der Waals surface area contributed by atoms with Crippen molar-refractivity contribution in [3.05, 3.63) is 99.3 Å². The van der Waals surface area contributed by atoms with Crippen LogP contribution in [-0.2, 0) is 5.72 Å². The Kier molecular flexibility index (Phi) is 6.14. The number of amides is 2. The maximum Gasteiger partial charge on any atom is 0.416 e. The zero-order valence-electron chi connectivity index (χ0n) is 18.4. The second-order valence-corrected chi connectivity index (χ2v) is 9.01. The van der Waals surface area contributed by atoms with Gasteiger partial charge in [0.2, 0.25) is 5.72 Å². The smallest absolute Gasteiger partial charge is 0.364 e. The summed E-state index contributed by atoms with van der Waals surface area (Å²) in [6, 6.07) is 14.2. The van der Waals surface area contributed by atoms with Gasteiger partial charge in [-0.05, 0) is 79.2 Å². The van der Waals surface area contributed by atoms with Gasteiger partial charge in [0.15, 0.2) is 11.2 Å². The Bertz CT molecular complexity index is 1400. The number of carbonyl (C=O) groups excluding carboxylic acids is 1. The lowest BCUT2D eigenvalue weighted by molar-refractivity contribution is -0.227. The molecule has 4 rings (SSSR count). The molecule has 0 aliphatic carbocycles. The van der Waals surface area contributed by atoms with Crippen LogP contribution in [0.25, 0.3) is 4.85 Å². The van der Waals surface area contributed by atoms with Crippen LogP contribution < -0.4 is 9.80 Å². The molecule has 36 heavy (non-hydrogen) atoms. The molecule has 182 valence electrons. The maximum atomic E-state index is 15.1. The van der Waals surface area contributed by atoms with E-state index >= 15 is 13.2 Å². The van der Waals surface area contributed by atoms with Crippen LogP contribution in [0.3, 0.4) is 0 Å². The zero-order valence-corrected chi connectivity index (χ0v) is 19.9. The van der Waals surface area contributed by atoms with Gasteiger partial charge in [-0.2, -0.15) is 18.4 Å². The first-order chi connectivity index (χ1) is 16.9. The predicted octanol–water partition coefficient (Wildman–Crippen LogP) is 7.03. The van der Waals surface area contributed by atoms with Crippen LogP contribution in [0.5, 0.6) is 0 Å². The highest BCUT2D eigenvalue weighted by molar-refractivity contribution is 6.31. The van der Waals surface area contributed by atoms with E-state index in [1.54, 1.807) is 6.07 Å². The Labute approximate surface area is 214 Å².